The Kier molecular flexibility index (Phi) is 3.01. The van der Waals surface area contributed by atoms with Crippen LogP contribution in [0.2, 0.25) is 0 Å². The molecule has 4 nitrogen and oxygen atoms in total. The number of aromatic carboxylic acids is 1. The van der Waals surface area contributed by atoms with E-state index in [9.17, 15) is 9.18 Å². The van der Waals surface area contributed by atoms with Crippen LogP contribution in [-0.4, -0.2) is 22.2 Å². The van der Waals surface area contributed by atoms with Crippen LogP contribution in [-0.2, 0) is 0 Å². The molecule has 0 unspecified atom stereocenters. The Morgan fingerprint density at radius 2 is 2.29 bits per heavy atom. The van der Waals surface area contributed by atoms with Crippen LogP contribution in [0.1, 0.15) is 24.2 Å². The summed E-state index contributed by atoms with van der Waals surface area (Å²) in [6, 6.07) is 1.12. The average molecular weight is 199 g/mol. The number of halogens is 1. The summed E-state index contributed by atoms with van der Waals surface area (Å²) >= 11 is 0. The first kappa shape index (κ1) is 10.4. The highest BCUT2D eigenvalue weighted by Gasteiger charge is 2.13. The summed E-state index contributed by atoms with van der Waals surface area (Å²) in [5.41, 5.74) is -0.483. The average Bonchev–Trinajstić information content (AvgIpc) is 2.07. The van der Waals surface area contributed by atoms with Crippen LogP contribution >= 0.6 is 0 Å². The molecule has 1 N–H and O–H groups in total. The van der Waals surface area contributed by atoms with Gasteiger partial charge < -0.3 is 9.84 Å². The zero-order chi connectivity index (χ0) is 10.7. The minimum atomic E-state index is -1.36. The number of ether oxygens (including phenoxy) is 1. The number of aromatic nitrogens is 1. The highest BCUT2D eigenvalue weighted by molar-refractivity contribution is 5.87. The Labute approximate surface area is 80.3 Å². The van der Waals surface area contributed by atoms with Gasteiger partial charge in [0.1, 0.15) is 11.3 Å². The van der Waals surface area contributed by atoms with Crippen molar-refractivity contribution >= 4 is 5.97 Å². The quantitative estimate of drug-likeness (QED) is 0.753. The number of carboxylic acid groups (broad SMARTS) is 1. The lowest BCUT2D eigenvalue weighted by molar-refractivity contribution is 0.0689. The van der Waals surface area contributed by atoms with Gasteiger partial charge >= 0.3 is 5.97 Å². The molecule has 0 aliphatic rings. The number of pyridine rings is 1. The normalized spacial score (nSPS) is 10.3. The maximum absolute atomic E-state index is 12.8. The van der Waals surface area contributed by atoms with Gasteiger partial charge in [-0.3, -0.25) is 0 Å². The highest BCUT2D eigenvalue weighted by atomic mass is 19.1. The summed E-state index contributed by atoms with van der Waals surface area (Å²) < 4.78 is 18.0. The fourth-order valence-corrected chi connectivity index (χ4v) is 0.916. The van der Waals surface area contributed by atoms with E-state index in [1.54, 1.807) is 13.8 Å². The highest BCUT2D eigenvalue weighted by Crippen LogP contribution is 2.15. The molecule has 0 aliphatic carbocycles. The summed E-state index contributed by atoms with van der Waals surface area (Å²) in [5, 5.41) is 8.59. The number of hydrogen-bond acceptors (Lipinski definition) is 3. The third-order valence-corrected chi connectivity index (χ3v) is 1.42. The lowest BCUT2D eigenvalue weighted by atomic mass is 10.3. The van der Waals surface area contributed by atoms with Crippen molar-refractivity contribution in [1.82, 2.24) is 4.98 Å². The van der Waals surface area contributed by atoms with E-state index >= 15 is 0 Å². The molecule has 0 bridgehead atoms. The van der Waals surface area contributed by atoms with E-state index in [1.165, 1.54) is 0 Å². The van der Waals surface area contributed by atoms with E-state index in [2.05, 4.69) is 4.98 Å². The van der Waals surface area contributed by atoms with Gasteiger partial charge in [-0.25, -0.2) is 9.78 Å². The predicted octanol–water partition coefficient (Wildman–Crippen LogP) is 1.71. The molecule has 0 saturated carbocycles. The molecule has 0 aromatic carbocycles. The Balaban J connectivity index is 3.00. The smallest absolute Gasteiger partial charge is 0.340 e. The molecule has 1 rings (SSSR count). The van der Waals surface area contributed by atoms with Crippen molar-refractivity contribution in [3.63, 3.8) is 0 Å². The third kappa shape index (κ3) is 2.42. The number of rotatable bonds is 3. The van der Waals surface area contributed by atoms with Crippen molar-refractivity contribution in [2.45, 2.75) is 20.0 Å². The van der Waals surface area contributed by atoms with Crippen LogP contribution in [0.4, 0.5) is 4.39 Å². The summed E-state index contributed by atoms with van der Waals surface area (Å²) in [5.74, 6) is -2.11. The van der Waals surface area contributed by atoms with Crippen LogP contribution in [0.5, 0.6) is 5.75 Å². The first-order valence-corrected chi connectivity index (χ1v) is 4.06. The van der Waals surface area contributed by atoms with Gasteiger partial charge in [-0.05, 0) is 13.8 Å². The number of nitrogens with zero attached hydrogens (tertiary/aromatic N) is 1. The molecule has 0 radical (unpaired) electrons. The maximum atomic E-state index is 12.8. The number of carboxylic acids is 1. The van der Waals surface area contributed by atoms with E-state index in [-0.39, 0.29) is 11.9 Å². The second-order valence-electron chi connectivity index (χ2n) is 2.98. The van der Waals surface area contributed by atoms with Crippen LogP contribution < -0.4 is 4.74 Å². The van der Waals surface area contributed by atoms with Gasteiger partial charge in [0.2, 0.25) is 5.95 Å². The molecule has 76 valence electrons. The second kappa shape index (κ2) is 4.04. The lowest BCUT2D eigenvalue weighted by Crippen LogP contribution is -2.08. The second-order valence-corrected chi connectivity index (χ2v) is 2.98. The number of hydrogen-bond donors (Lipinski definition) is 1. The van der Waals surface area contributed by atoms with Gasteiger partial charge in [0, 0.05) is 6.07 Å². The third-order valence-electron chi connectivity index (χ3n) is 1.42. The molecule has 0 aliphatic heterocycles. The molecule has 1 aromatic heterocycles. The largest absolute Gasteiger partial charge is 0.489 e. The summed E-state index contributed by atoms with van der Waals surface area (Å²) in [6.07, 6.45) is 1.05. The van der Waals surface area contributed by atoms with Crippen molar-refractivity contribution in [2.24, 2.45) is 0 Å². The van der Waals surface area contributed by atoms with E-state index < -0.39 is 17.5 Å². The molecular weight excluding hydrogens is 189 g/mol. The Morgan fingerprint density at radius 1 is 1.64 bits per heavy atom. The molecule has 0 amide bonds. The predicted molar refractivity (Wildman–Crippen MR) is 46.9 cm³/mol. The van der Waals surface area contributed by atoms with Gasteiger partial charge in [0.25, 0.3) is 0 Å². The molecule has 0 spiro atoms. The topological polar surface area (TPSA) is 59.4 Å². The van der Waals surface area contributed by atoms with E-state index in [0.29, 0.717) is 0 Å². The maximum Gasteiger partial charge on any atom is 0.340 e. The first-order chi connectivity index (χ1) is 6.50. The molecule has 14 heavy (non-hydrogen) atoms. The van der Waals surface area contributed by atoms with Gasteiger partial charge in [-0.1, -0.05) is 0 Å². The SMILES string of the molecule is CC(C)Oc1cnc(F)c(C(=O)O)c1. The van der Waals surface area contributed by atoms with E-state index in [0.717, 1.165) is 12.3 Å². The zero-order valence-electron chi connectivity index (χ0n) is 7.82. The molecule has 1 heterocycles. The summed E-state index contributed by atoms with van der Waals surface area (Å²) in [4.78, 5) is 13.8. The molecule has 1 aromatic rings. The van der Waals surface area contributed by atoms with Crippen LogP contribution in [0.15, 0.2) is 12.3 Å². The van der Waals surface area contributed by atoms with Crippen LogP contribution in [0.25, 0.3) is 0 Å². The van der Waals surface area contributed by atoms with E-state index in [4.69, 9.17) is 9.84 Å². The molecule has 0 saturated heterocycles. The minimum absolute atomic E-state index is 0.107. The lowest BCUT2D eigenvalue weighted by Gasteiger charge is -2.09. The fraction of sp³-hybridized carbons (Fsp3) is 0.333. The van der Waals surface area contributed by atoms with Crippen molar-refractivity contribution in [3.8, 4) is 5.75 Å². The molecule has 0 fully saturated rings. The fourth-order valence-electron chi connectivity index (χ4n) is 0.916. The van der Waals surface area contributed by atoms with Crippen molar-refractivity contribution in [3.05, 3.63) is 23.8 Å². The summed E-state index contributed by atoms with van der Waals surface area (Å²) in [7, 11) is 0. The van der Waals surface area contributed by atoms with Crippen LogP contribution in [0, 0.1) is 5.95 Å². The van der Waals surface area contributed by atoms with Gasteiger partial charge in [-0.15, -0.1) is 0 Å². The molecule has 0 atom stereocenters. The summed E-state index contributed by atoms with van der Waals surface area (Å²) in [6.45, 7) is 3.56. The van der Waals surface area contributed by atoms with Crippen molar-refractivity contribution in [1.29, 1.82) is 0 Å². The molecular formula is C9H10FNO3. The Hall–Kier alpha value is -1.65. The Morgan fingerprint density at radius 3 is 2.79 bits per heavy atom. The van der Waals surface area contributed by atoms with Crippen LogP contribution in [0.3, 0.4) is 0 Å². The number of carbonyl (C=O) groups is 1. The van der Waals surface area contributed by atoms with E-state index in [1.807, 2.05) is 0 Å². The standard InChI is InChI=1S/C9H10FNO3/c1-5(2)14-6-3-7(9(12)13)8(10)11-4-6/h3-5H,1-2H3,(H,12,13). The zero-order valence-corrected chi connectivity index (χ0v) is 7.82. The van der Waals surface area contributed by atoms with Gasteiger partial charge in [-0.2, -0.15) is 4.39 Å². The molecule has 5 heteroatoms. The van der Waals surface area contributed by atoms with Gasteiger partial charge in [0.05, 0.1) is 12.3 Å². The first-order valence-electron chi connectivity index (χ1n) is 4.06. The Bertz CT molecular complexity index is 352. The monoisotopic (exact) mass is 199 g/mol. The minimum Gasteiger partial charge on any atom is -0.489 e. The van der Waals surface area contributed by atoms with Gasteiger partial charge in [0.15, 0.2) is 0 Å². The van der Waals surface area contributed by atoms with Crippen molar-refractivity contribution < 1.29 is 19.0 Å². The van der Waals surface area contributed by atoms with Crippen molar-refractivity contribution in [2.75, 3.05) is 0 Å².